The number of hydrogen-bond donors (Lipinski definition) is 3. The number of anilines is 1. The van der Waals surface area contributed by atoms with Crippen molar-refractivity contribution in [1.82, 2.24) is 0 Å². The van der Waals surface area contributed by atoms with Gasteiger partial charge in [-0.2, -0.15) is 26.3 Å². The summed E-state index contributed by atoms with van der Waals surface area (Å²) in [4.78, 5) is 0. The molecule has 0 aromatic heterocycles. The van der Waals surface area contributed by atoms with Crippen LogP contribution in [0.3, 0.4) is 0 Å². The third kappa shape index (κ3) is 4.31. The van der Waals surface area contributed by atoms with Gasteiger partial charge in [0.2, 0.25) is 5.60 Å². The molecule has 0 fully saturated rings. The van der Waals surface area contributed by atoms with E-state index in [0.717, 1.165) is 11.1 Å². The predicted molar refractivity (Wildman–Crippen MR) is 96.6 cm³/mol. The van der Waals surface area contributed by atoms with Crippen LogP contribution in [0.1, 0.15) is 34.7 Å². The average Bonchev–Trinajstić information content (AvgIpc) is 2.98. The Morgan fingerprint density at radius 3 is 2.31 bits per heavy atom. The minimum absolute atomic E-state index is 0.140. The number of halogens is 7. The molecule has 4 N–H and O–H groups in total. The first-order valence-corrected chi connectivity index (χ1v) is 8.99. The van der Waals surface area contributed by atoms with Crippen molar-refractivity contribution in [2.45, 2.75) is 36.8 Å². The standard InChI is InChI=1S/C19H17ClF6N2O/c20-13-7-11(6-12(8-13)18(21,22)23)17(29,19(24,25)26)9-28-14-2-3-15-10(5-14)1-4-16(15)27/h2-3,5-8,16,28-29H,1,4,9,27H2/t16-,17+/m1/s1. The van der Waals surface area contributed by atoms with E-state index in [-0.39, 0.29) is 12.1 Å². The van der Waals surface area contributed by atoms with Gasteiger partial charge in [-0.25, -0.2) is 0 Å². The maximum atomic E-state index is 13.7. The number of rotatable bonds is 4. The molecule has 158 valence electrons. The summed E-state index contributed by atoms with van der Waals surface area (Å²) in [7, 11) is 0. The van der Waals surface area contributed by atoms with Crippen LogP contribution in [0.25, 0.3) is 0 Å². The number of benzene rings is 2. The third-order valence-electron chi connectivity index (χ3n) is 4.99. The summed E-state index contributed by atoms with van der Waals surface area (Å²) < 4.78 is 80.1. The molecule has 0 saturated carbocycles. The molecular weight excluding hydrogens is 422 g/mol. The van der Waals surface area contributed by atoms with Crippen molar-refractivity contribution in [2.75, 3.05) is 11.9 Å². The summed E-state index contributed by atoms with van der Waals surface area (Å²) in [5, 5.41) is 12.3. The normalized spacial score (nSPS) is 19.0. The van der Waals surface area contributed by atoms with Gasteiger partial charge in [-0.1, -0.05) is 17.7 Å². The lowest BCUT2D eigenvalue weighted by atomic mass is 9.91. The minimum Gasteiger partial charge on any atom is -0.381 e. The molecule has 2 atom stereocenters. The number of aryl methyl sites for hydroxylation is 1. The highest BCUT2D eigenvalue weighted by Crippen LogP contribution is 2.42. The number of alkyl halides is 6. The van der Waals surface area contributed by atoms with Gasteiger partial charge in [-0.15, -0.1) is 0 Å². The molecule has 0 heterocycles. The van der Waals surface area contributed by atoms with Gasteiger partial charge in [0.1, 0.15) is 0 Å². The van der Waals surface area contributed by atoms with E-state index < -0.39 is 40.6 Å². The van der Waals surface area contributed by atoms with Crippen LogP contribution in [0.15, 0.2) is 36.4 Å². The van der Waals surface area contributed by atoms with Crippen LogP contribution in [0.4, 0.5) is 32.0 Å². The molecule has 0 amide bonds. The van der Waals surface area contributed by atoms with E-state index in [1.54, 1.807) is 12.1 Å². The smallest absolute Gasteiger partial charge is 0.381 e. The Labute approximate surface area is 167 Å². The van der Waals surface area contributed by atoms with Crippen molar-refractivity contribution in [1.29, 1.82) is 0 Å². The fourth-order valence-electron chi connectivity index (χ4n) is 3.35. The van der Waals surface area contributed by atoms with E-state index in [1.807, 2.05) is 0 Å². The van der Waals surface area contributed by atoms with Gasteiger partial charge in [0.15, 0.2) is 0 Å². The van der Waals surface area contributed by atoms with Crippen molar-refractivity contribution < 1.29 is 31.4 Å². The molecule has 3 nitrogen and oxygen atoms in total. The first-order chi connectivity index (χ1) is 13.3. The van der Waals surface area contributed by atoms with Gasteiger partial charge in [0.05, 0.1) is 12.1 Å². The maximum absolute atomic E-state index is 13.7. The highest BCUT2D eigenvalue weighted by molar-refractivity contribution is 6.30. The van der Waals surface area contributed by atoms with Gasteiger partial charge in [0, 0.05) is 16.8 Å². The van der Waals surface area contributed by atoms with Crippen LogP contribution in [-0.2, 0) is 18.2 Å². The lowest BCUT2D eigenvalue weighted by Gasteiger charge is -2.32. The third-order valence-corrected chi connectivity index (χ3v) is 5.21. The zero-order valence-corrected chi connectivity index (χ0v) is 15.6. The maximum Gasteiger partial charge on any atom is 0.423 e. The summed E-state index contributed by atoms with van der Waals surface area (Å²) in [5.41, 5.74) is 2.01. The number of fused-ring (bicyclic) bond motifs is 1. The Balaban J connectivity index is 1.94. The fraction of sp³-hybridized carbons (Fsp3) is 0.368. The summed E-state index contributed by atoms with van der Waals surface area (Å²) in [6, 6.07) is 6.11. The minimum atomic E-state index is -5.26. The van der Waals surface area contributed by atoms with E-state index >= 15 is 0 Å². The summed E-state index contributed by atoms with van der Waals surface area (Å²) in [6.07, 6.45) is -8.79. The highest BCUT2D eigenvalue weighted by Gasteiger charge is 2.55. The molecule has 3 rings (SSSR count). The molecule has 10 heteroatoms. The summed E-state index contributed by atoms with van der Waals surface area (Å²) in [6.45, 7) is -1.10. The van der Waals surface area contributed by atoms with Crippen LogP contribution < -0.4 is 11.1 Å². The molecule has 2 aromatic rings. The van der Waals surface area contributed by atoms with E-state index in [0.29, 0.717) is 30.7 Å². The molecule has 0 radical (unpaired) electrons. The summed E-state index contributed by atoms with van der Waals surface area (Å²) in [5.74, 6) is 0. The monoisotopic (exact) mass is 438 g/mol. The number of aliphatic hydroxyl groups is 1. The van der Waals surface area contributed by atoms with E-state index in [9.17, 15) is 31.4 Å². The van der Waals surface area contributed by atoms with Gasteiger partial charge in [-0.3, -0.25) is 0 Å². The molecule has 1 aliphatic rings. The molecule has 1 aliphatic carbocycles. The van der Waals surface area contributed by atoms with Crippen molar-refractivity contribution in [3.63, 3.8) is 0 Å². The Hall–Kier alpha value is -1.97. The molecule has 2 aromatic carbocycles. The fourth-order valence-corrected chi connectivity index (χ4v) is 3.58. The average molecular weight is 439 g/mol. The molecule has 0 bridgehead atoms. The molecule has 0 unspecified atom stereocenters. The van der Waals surface area contributed by atoms with Gasteiger partial charge >= 0.3 is 12.4 Å². The largest absolute Gasteiger partial charge is 0.423 e. The summed E-state index contributed by atoms with van der Waals surface area (Å²) >= 11 is 5.60. The van der Waals surface area contributed by atoms with Gasteiger partial charge < -0.3 is 16.2 Å². The lowest BCUT2D eigenvalue weighted by molar-refractivity contribution is -0.260. The Bertz CT molecular complexity index is 915. The number of hydrogen-bond acceptors (Lipinski definition) is 3. The number of nitrogens with one attached hydrogen (secondary N) is 1. The zero-order valence-electron chi connectivity index (χ0n) is 14.8. The van der Waals surface area contributed by atoms with Crippen LogP contribution in [0.5, 0.6) is 0 Å². The van der Waals surface area contributed by atoms with Crippen LogP contribution >= 0.6 is 11.6 Å². The Morgan fingerprint density at radius 2 is 1.69 bits per heavy atom. The van der Waals surface area contributed by atoms with Crippen molar-refractivity contribution in [3.05, 3.63) is 63.7 Å². The Morgan fingerprint density at radius 1 is 1.03 bits per heavy atom. The van der Waals surface area contributed by atoms with Crippen LogP contribution in [0.2, 0.25) is 5.02 Å². The van der Waals surface area contributed by atoms with Crippen molar-refractivity contribution in [3.8, 4) is 0 Å². The van der Waals surface area contributed by atoms with Crippen LogP contribution in [-0.4, -0.2) is 17.8 Å². The molecule has 0 saturated heterocycles. The SMILES string of the molecule is N[C@@H]1CCc2cc(NC[C@](O)(c3cc(Cl)cc(C(F)(F)F)c3)C(F)(F)F)ccc21. The van der Waals surface area contributed by atoms with Crippen molar-refractivity contribution in [2.24, 2.45) is 5.73 Å². The molecule has 0 aliphatic heterocycles. The van der Waals surface area contributed by atoms with Gasteiger partial charge in [-0.05, 0) is 59.9 Å². The molecule has 29 heavy (non-hydrogen) atoms. The molecule has 0 spiro atoms. The van der Waals surface area contributed by atoms with E-state index in [4.69, 9.17) is 17.3 Å². The quantitative estimate of drug-likeness (QED) is 0.577. The second kappa shape index (κ2) is 7.37. The van der Waals surface area contributed by atoms with Gasteiger partial charge in [0.25, 0.3) is 0 Å². The van der Waals surface area contributed by atoms with E-state index in [2.05, 4.69) is 5.32 Å². The molecular formula is C19H17ClF6N2O. The first kappa shape index (κ1) is 21.7. The Kier molecular flexibility index (Phi) is 5.53. The highest BCUT2D eigenvalue weighted by atomic mass is 35.5. The second-order valence-electron chi connectivity index (χ2n) is 7.00. The zero-order chi connectivity index (χ0) is 21.6. The van der Waals surface area contributed by atoms with E-state index in [1.165, 1.54) is 6.07 Å². The number of nitrogens with two attached hydrogens (primary N) is 1. The topological polar surface area (TPSA) is 58.3 Å². The second-order valence-corrected chi connectivity index (χ2v) is 7.43. The predicted octanol–water partition coefficient (Wildman–Crippen LogP) is 5.17. The first-order valence-electron chi connectivity index (χ1n) is 8.61. The van der Waals surface area contributed by atoms with Crippen molar-refractivity contribution >= 4 is 17.3 Å². The lowest BCUT2D eigenvalue weighted by Crippen LogP contribution is -2.48. The van der Waals surface area contributed by atoms with Crippen LogP contribution in [0, 0.1) is 0 Å².